The summed E-state index contributed by atoms with van der Waals surface area (Å²) < 4.78 is 31.2. The molecule has 10 nitrogen and oxygen atoms in total. The van der Waals surface area contributed by atoms with Crippen molar-refractivity contribution in [2.45, 2.75) is 51.0 Å². The first-order chi connectivity index (χ1) is 17.1. The number of nitrogens with one attached hydrogen (secondary N) is 2. The van der Waals surface area contributed by atoms with Gasteiger partial charge in [-0.1, -0.05) is 19.9 Å². The number of hydrogen-bond donors (Lipinski definition) is 2. The van der Waals surface area contributed by atoms with E-state index in [2.05, 4.69) is 38.8 Å². The normalized spacial score (nSPS) is 17.3. The Kier molecular flexibility index (Phi) is 7.47. The number of anilines is 3. The van der Waals surface area contributed by atoms with Crippen LogP contribution in [0.25, 0.3) is 0 Å². The van der Waals surface area contributed by atoms with E-state index in [0.29, 0.717) is 43.7 Å². The van der Waals surface area contributed by atoms with Gasteiger partial charge in [-0.05, 0) is 49.3 Å². The van der Waals surface area contributed by atoms with Crippen LogP contribution in [0.1, 0.15) is 50.9 Å². The summed E-state index contributed by atoms with van der Waals surface area (Å²) in [6, 6.07) is 8.08. The second-order valence-corrected chi connectivity index (χ2v) is 11.7. The molecule has 2 heterocycles. The number of sulfonamides is 1. The van der Waals surface area contributed by atoms with Crippen molar-refractivity contribution < 1.29 is 17.9 Å². The van der Waals surface area contributed by atoms with E-state index in [-0.39, 0.29) is 5.82 Å². The Morgan fingerprint density at radius 3 is 2.47 bits per heavy atom. The lowest BCUT2D eigenvalue weighted by Crippen LogP contribution is -2.42. The minimum absolute atomic E-state index is 0.0764. The highest BCUT2D eigenvalue weighted by Crippen LogP contribution is 2.50. The summed E-state index contributed by atoms with van der Waals surface area (Å²) in [7, 11) is -3.67. The number of hydrogen-bond acceptors (Lipinski definition) is 9. The van der Waals surface area contributed by atoms with Gasteiger partial charge in [0.05, 0.1) is 41.1 Å². The molecule has 1 aliphatic heterocycles. The summed E-state index contributed by atoms with van der Waals surface area (Å²) in [5, 5.41) is 12.4. The highest BCUT2D eigenvalue weighted by molar-refractivity contribution is 7.89. The zero-order chi connectivity index (χ0) is 25.9. The van der Waals surface area contributed by atoms with Crippen molar-refractivity contribution in [3.05, 3.63) is 42.0 Å². The van der Waals surface area contributed by atoms with Crippen LogP contribution in [0.2, 0.25) is 0 Å². The SMILES string of the molecule is CC(C)CN(c1ccc(C2(C(=O)NS(C)(=O)=O)CC2)cc1Nc1cnc(C#N)nc1)C1CCOCC1. The topological polar surface area (TPSA) is 137 Å². The van der Waals surface area contributed by atoms with Crippen LogP contribution < -0.4 is 14.9 Å². The van der Waals surface area contributed by atoms with Crippen molar-refractivity contribution in [3.8, 4) is 6.07 Å². The molecule has 1 aliphatic carbocycles. The van der Waals surface area contributed by atoms with Crippen LogP contribution in [0.4, 0.5) is 17.1 Å². The smallest absolute Gasteiger partial charge is 0.244 e. The summed E-state index contributed by atoms with van der Waals surface area (Å²) in [6.07, 6.45) is 7.05. The van der Waals surface area contributed by atoms with Gasteiger partial charge in [-0.25, -0.2) is 18.4 Å². The van der Waals surface area contributed by atoms with Crippen molar-refractivity contribution in [3.63, 3.8) is 0 Å². The number of ether oxygens (including phenoxy) is 1. The molecule has 2 aliphatic rings. The van der Waals surface area contributed by atoms with E-state index in [1.165, 1.54) is 0 Å². The Morgan fingerprint density at radius 1 is 1.25 bits per heavy atom. The van der Waals surface area contributed by atoms with Gasteiger partial charge in [-0.15, -0.1) is 0 Å². The number of nitriles is 1. The maximum atomic E-state index is 12.9. The number of aromatic nitrogens is 2. The fourth-order valence-corrected chi connectivity index (χ4v) is 5.19. The number of carbonyl (C=O) groups excluding carboxylic acids is 1. The van der Waals surface area contributed by atoms with E-state index in [1.807, 2.05) is 24.3 Å². The van der Waals surface area contributed by atoms with Crippen LogP contribution in [0.15, 0.2) is 30.6 Å². The van der Waals surface area contributed by atoms with Gasteiger partial charge in [0.25, 0.3) is 0 Å². The maximum absolute atomic E-state index is 12.9. The second kappa shape index (κ2) is 10.4. The van der Waals surface area contributed by atoms with Crippen molar-refractivity contribution in [2.24, 2.45) is 5.92 Å². The van der Waals surface area contributed by atoms with Gasteiger partial charge >= 0.3 is 0 Å². The summed E-state index contributed by atoms with van der Waals surface area (Å²) in [4.78, 5) is 23.4. The molecular formula is C25H32N6O4S. The second-order valence-electron chi connectivity index (χ2n) is 9.94. The molecule has 0 atom stereocenters. The first-order valence-electron chi connectivity index (χ1n) is 12.1. The van der Waals surface area contributed by atoms with E-state index in [0.717, 1.165) is 42.6 Å². The average molecular weight is 513 g/mol. The molecule has 4 rings (SSSR count). The third-order valence-corrected chi connectivity index (χ3v) is 7.10. The molecule has 1 saturated heterocycles. The average Bonchev–Trinajstić information content (AvgIpc) is 3.65. The van der Waals surface area contributed by atoms with Crippen LogP contribution in [0.3, 0.4) is 0 Å². The third kappa shape index (κ3) is 5.94. The van der Waals surface area contributed by atoms with E-state index in [1.54, 1.807) is 12.4 Å². The summed E-state index contributed by atoms with van der Waals surface area (Å²) in [5.74, 6) is -0.0182. The van der Waals surface area contributed by atoms with Gasteiger partial charge < -0.3 is 15.0 Å². The molecule has 1 aromatic heterocycles. The molecule has 1 aromatic carbocycles. The fraction of sp³-hybridized carbons (Fsp3) is 0.520. The third-order valence-electron chi connectivity index (χ3n) is 6.55. The zero-order valence-electron chi connectivity index (χ0n) is 20.8. The Balaban J connectivity index is 1.75. The standard InChI is InChI=1S/C25H32N6O4S/c1-17(2)16-31(20-6-10-35-11-7-20)22-5-4-18(25(8-9-25)24(32)30-36(3,33)34)12-21(22)29-19-14-27-23(13-26)28-15-19/h4-5,12,14-15,17,20,29H,6-11,16H2,1-3H3,(H,30,32). The highest BCUT2D eigenvalue weighted by atomic mass is 32.2. The largest absolute Gasteiger partial charge is 0.381 e. The van der Waals surface area contributed by atoms with Crippen molar-refractivity contribution >= 4 is 33.0 Å². The van der Waals surface area contributed by atoms with E-state index >= 15 is 0 Å². The van der Waals surface area contributed by atoms with Crippen LogP contribution >= 0.6 is 0 Å². The number of benzene rings is 1. The van der Waals surface area contributed by atoms with Gasteiger partial charge in [-0.2, -0.15) is 5.26 Å². The quantitative estimate of drug-likeness (QED) is 0.519. The number of rotatable bonds is 9. The van der Waals surface area contributed by atoms with Gasteiger partial charge in [0.2, 0.25) is 21.8 Å². The molecule has 1 amide bonds. The van der Waals surface area contributed by atoms with E-state index in [9.17, 15) is 13.2 Å². The highest BCUT2D eigenvalue weighted by Gasteiger charge is 2.52. The van der Waals surface area contributed by atoms with Gasteiger partial charge in [-0.3, -0.25) is 9.52 Å². The molecule has 0 spiro atoms. The molecule has 0 radical (unpaired) electrons. The summed E-state index contributed by atoms with van der Waals surface area (Å²) in [6.45, 7) is 6.60. The first kappa shape index (κ1) is 25.9. The molecule has 11 heteroatoms. The summed E-state index contributed by atoms with van der Waals surface area (Å²) in [5.41, 5.74) is 2.23. The Hall–Kier alpha value is -3.23. The molecular weight excluding hydrogens is 480 g/mol. The lowest BCUT2D eigenvalue weighted by molar-refractivity contribution is -0.121. The van der Waals surface area contributed by atoms with Crippen molar-refractivity contribution in [2.75, 3.05) is 36.2 Å². The van der Waals surface area contributed by atoms with Gasteiger partial charge in [0.1, 0.15) is 6.07 Å². The Labute approximate surface area is 212 Å². The van der Waals surface area contributed by atoms with Crippen LogP contribution in [0, 0.1) is 17.2 Å². The number of nitrogens with zero attached hydrogens (tertiary/aromatic N) is 4. The number of amides is 1. The number of carbonyl (C=O) groups is 1. The van der Waals surface area contributed by atoms with Crippen molar-refractivity contribution in [1.29, 1.82) is 5.26 Å². The lowest BCUT2D eigenvalue weighted by atomic mass is 9.93. The predicted molar refractivity (Wildman–Crippen MR) is 136 cm³/mol. The van der Waals surface area contributed by atoms with Crippen LogP contribution in [0.5, 0.6) is 0 Å². The zero-order valence-corrected chi connectivity index (χ0v) is 21.6. The molecule has 36 heavy (non-hydrogen) atoms. The Bertz CT molecular complexity index is 1250. The molecule has 2 aromatic rings. The minimum Gasteiger partial charge on any atom is -0.381 e. The van der Waals surface area contributed by atoms with Crippen LogP contribution in [-0.4, -0.2) is 56.3 Å². The molecule has 1 saturated carbocycles. The summed E-state index contributed by atoms with van der Waals surface area (Å²) >= 11 is 0. The lowest BCUT2D eigenvalue weighted by Gasteiger charge is -2.38. The van der Waals surface area contributed by atoms with Crippen molar-refractivity contribution in [1.82, 2.24) is 14.7 Å². The molecule has 2 fully saturated rings. The minimum atomic E-state index is -3.67. The predicted octanol–water partition coefficient (Wildman–Crippen LogP) is 2.84. The molecule has 2 N–H and O–H groups in total. The van der Waals surface area contributed by atoms with E-state index in [4.69, 9.17) is 10.00 Å². The molecule has 0 bridgehead atoms. The van der Waals surface area contributed by atoms with E-state index < -0.39 is 21.3 Å². The fourth-order valence-electron chi connectivity index (χ4n) is 4.66. The maximum Gasteiger partial charge on any atom is 0.244 e. The van der Waals surface area contributed by atoms with Gasteiger partial charge in [0.15, 0.2) is 0 Å². The first-order valence-corrected chi connectivity index (χ1v) is 14.0. The molecule has 0 unspecified atom stereocenters. The van der Waals surface area contributed by atoms with Crippen LogP contribution in [-0.2, 0) is 25.0 Å². The monoisotopic (exact) mass is 512 g/mol. The van der Waals surface area contributed by atoms with Gasteiger partial charge in [0, 0.05) is 25.8 Å². The Morgan fingerprint density at radius 2 is 1.92 bits per heavy atom. The molecule has 192 valence electrons.